The Kier molecular flexibility index (Phi) is 56.5. The van der Waals surface area contributed by atoms with E-state index in [0.29, 0.717) is 92.9 Å². The maximum absolute atomic E-state index is 12.1. The van der Waals surface area contributed by atoms with E-state index in [1.54, 1.807) is 184 Å². The molecule has 0 amide bonds. The highest BCUT2D eigenvalue weighted by atomic mass is 32.2. The fourth-order valence-electron chi connectivity index (χ4n) is 13.8. The molecule has 7 aromatic rings. The summed E-state index contributed by atoms with van der Waals surface area (Å²) in [5, 5.41) is 12.0. The van der Waals surface area contributed by atoms with Crippen LogP contribution in [-0.2, 0) is 66.3 Å². The van der Waals surface area contributed by atoms with Gasteiger partial charge in [0.2, 0.25) is 0 Å². The number of ether oxygens (including phenoxy) is 14. The molecule has 7 aliphatic heterocycles. The molecule has 826 valence electrons. The number of aromatic nitrogens is 14. The van der Waals surface area contributed by atoms with Crippen molar-refractivity contribution < 1.29 is 66.3 Å². The zero-order valence-corrected chi connectivity index (χ0v) is 95.4. The van der Waals surface area contributed by atoms with Crippen LogP contribution >= 0.6 is 82.3 Å². The Morgan fingerprint density at radius 1 is 0.327 bits per heavy atom. The smallest absolute Gasteiger partial charge is 0.351 e. The van der Waals surface area contributed by atoms with Crippen LogP contribution in [0.1, 0.15) is 205 Å². The molecule has 0 aromatic carbocycles. The number of nitrogens with one attached hydrogen (secondary N) is 4. The third-order valence-corrected chi connectivity index (χ3v) is 29.2. The molecular weight excluding hydrogens is 2030 g/mol. The second-order valence-corrected chi connectivity index (χ2v) is 45.7. The molecule has 49 heteroatoms. The normalized spacial score (nSPS) is 21.9. The average Bonchev–Trinajstić information content (AvgIpc) is 1.74. The van der Waals surface area contributed by atoms with Crippen molar-refractivity contribution >= 4 is 123 Å². The second kappa shape index (κ2) is 66.6. The number of rotatable bonds is 46. The van der Waals surface area contributed by atoms with Gasteiger partial charge in [-0.1, -0.05) is 74.1 Å². The highest BCUT2D eigenvalue weighted by molar-refractivity contribution is 8.01. The summed E-state index contributed by atoms with van der Waals surface area (Å²) >= 11 is 11.7. The van der Waals surface area contributed by atoms with E-state index in [1.165, 1.54) is 26.5 Å². The minimum atomic E-state index is -0.295. The Hall–Kier alpha value is -7.35. The summed E-state index contributed by atoms with van der Waals surface area (Å²) in [5.41, 5.74) is -2.52. The Labute approximate surface area is 894 Å². The predicted octanol–water partition coefficient (Wildman–Crippen LogP) is 13.3. The van der Waals surface area contributed by atoms with E-state index >= 15 is 0 Å². The summed E-state index contributed by atoms with van der Waals surface area (Å²) in [7, 11) is 12.9. The van der Waals surface area contributed by atoms with Crippen LogP contribution in [0.3, 0.4) is 0 Å². The van der Waals surface area contributed by atoms with Gasteiger partial charge in [-0.3, -0.25) is 32.0 Å². The second-order valence-electron chi connectivity index (χ2n) is 37.3. The van der Waals surface area contributed by atoms with Crippen LogP contribution in [0.25, 0.3) is 0 Å². The lowest BCUT2D eigenvalue weighted by molar-refractivity contribution is -0.0684. The fraction of sp³-hybridized carbons (Fsp3) is 0.714. The molecule has 0 spiro atoms. The van der Waals surface area contributed by atoms with Gasteiger partial charge >= 0.3 is 39.8 Å². The van der Waals surface area contributed by atoms with E-state index in [-0.39, 0.29) is 133 Å². The molecule has 0 saturated carbocycles. The molecule has 0 aliphatic carbocycles. The molecule has 14 heterocycles. The fourth-order valence-corrected chi connectivity index (χ4v) is 20.8. The molecular formula is C98H161N21O21S7. The Morgan fingerprint density at radius 2 is 0.578 bits per heavy atom. The Morgan fingerprint density at radius 3 is 0.823 bits per heavy atom. The van der Waals surface area contributed by atoms with E-state index in [1.807, 2.05) is 122 Å². The first kappa shape index (κ1) is 125. The number of hydrogen-bond donors (Lipinski definition) is 4. The van der Waals surface area contributed by atoms with Crippen LogP contribution in [0.2, 0.25) is 0 Å². The maximum atomic E-state index is 12.1. The molecule has 7 aliphatic rings. The van der Waals surface area contributed by atoms with Crippen molar-refractivity contribution in [2.75, 3.05) is 224 Å². The van der Waals surface area contributed by atoms with Gasteiger partial charge < -0.3 is 102 Å². The van der Waals surface area contributed by atoms with Crippen molar-refractivity contribution in [1.82, 2.24) is 66.9 Å². The van der Waals surface area contributed by atoms with Gasteiger partial charge in [0, 0.05) is 186 Å². The van der Waals surface area contributed by atoms with Crippen molar-refractivity contribution in [3.05, 3.63) is 159 Å². The molecule has 0 bridgehead atoms. The van der Waals surface area contributed by atoms with Crippen LogP contribution in [0, 0.1) is 5.92 Å². The third-order valence-electron chi connectivity index (χ3n) is 21.5. The molecule has 7 saturated heterocycles. The number of anilines is 7. The minimum absolute atomic E-state index is 0.00694. The van der Waals surface area contributed by atoms with Crippen LogP contribution in [0.5, 0.6) is 0 Å². The standard InChI is InChI=1S/7C14H23N3O3S/c1-14(2,3)19-8-12-20-11(9-21-12)17-7-6-10(16(4)5)15-13(17)18;1-10(2)7-19-8-13-20-12(9-21-13)17-6-5-11(16(3)4)15-14(17)18;1-5-15-10-6-7-17(13(18)16-10)11-9-21-12(20-11)8-19-14(2,3)4;1-4-5-8-19-9-13-20-12(10-21-13)17-7-6-11(16(2)3)15-14(17)18;1-3-4-5-8-19-9-13-20-12(10-21-13)17-7-6-11(15-2)16-14(17)18;1-3-6-15-11-5-7-17(14(18)16-11)12-10-21-13(20-12)9-19-8-4-2;1-3-5-8-19-9-13-20-12(10-21-13)17-7-6-11(15-4-2)16-14(17)18/h6-7,11-12H,8-9H2,1-5H3;5-6,10,12-13H,7-9H2,1-4H3;6-7,11-12H,5,8-9H2,1-4H3,(H,15,16,18);6-7,12-13H,4-5,8-10H2,1-3H3;6-7,12-13H,3-5,8-10H2,1-2H3,(H,15,16,18);5,7,12-13H,3-4,6,8-10H2,1-2H3,(H,15,16,18);6-7,12-13H,3-5,8-10H2,1-2H3,(H,15,16,18)/t11-,12+;12-,13+;11-,12+;4*12-,13+/m1111111/s1. The minimum Gasteiger partial charge on any atom is -0.378 e. The lowest BCUT2D eigenvalue weighted by Crippen LogP contribution is -2.30. The van der Waals surface area contributed by atoms with Gasteiger partial charge in [0.25, 0.3) is 0 Å². The van der Waals surface area contributed by atoms with Crippen molar-refractivity contribution in [1.29, 1.82) is 0 Å². The Bertz CT molecular complexity index is 5390. The van der Waals surface area contributed by atoms with E-state index in [0.717, 1.165) is 138 Å². The van der Waals surface area contributed by atoms with Gasteiger partial charge in [-0.2, -0.15) is 34.9 Å². The molecule has 14 atom stereocenters. The van der Waals surface area contributed by atoms with E-state index in [4.69, 9.17) is 66.3 Å². The summed E-state index contributed by atoms with van der Waals surface area (Å²) in [4.78, 5) is 118. The summed E-state index contributed by atoms with van der Waals surface area (Å²) in [6.45, 7) is 40.7. The molecule has 0 radical (unpaired) electrons. The van der Waals surface area contributed by atoms with E-state index in [9.17, 15) is 33.6 Å². The van der Waals surface area contributed by atoms with Gasteiger partial charge in [0.15, 0.2) is 0 Å². The molecule has 4 N–H and O–H groups in total. The average molecular weight is 2190 g/mol. The first-order valence-electron chi connectivity index (χ1n) is 50.6. The largest absolute Gasteiger partial charge is 0.378 e. The summed E-state index contributed by atoms with van der Waals surface area (Å²) in [6, 6.07) is 12.6. The molecule has 147 heavy (non-hydrogen) atoms. The lowest BCUT2D eigenvalue weighted by atomic mass is 10.2. The number of nitrogens with zero attached hydrogens (tertiary/aromatic N) is 17. The van der Waals surface area contributed by atoms with Gasteiger partial charge in [0.1, 0.15) is 122 Å². The first-order valence-corrected chi connectivity index (χ1v) is 57.9. The van der Waals surface area contributed by atoms with Crippen molar-refractivity contribution in [3.8, 4) is 0 Å². The quantitative estimate of drug-likeness (QED) is 0.0257. The van der Waals surface area contributed by atoms with Crippen molar-refractivity contribution in [2.45, 2.75) is 254 Å². The number of hydrogen-bond acceptors (Lipinski definition) is 42. The zero-order chi connectivity index (χ0) is 107. The van der Waals surface area contributed by atoms with E-state index < -0.39 is 0 Å². The molecule has 14 rings (SSSR count). The van der Waals surface area contributed by atoms with Gasteiger partial charge in [-0.15, -0.1) is 82.3 Å². The van der Waals surface area contributed by atoms with Gasteiger partial charge in [-0.05, 0) is 136 Å². The predicted molar refractivity (Wildman–Crippen MR) is 594 cm³/mol. The summed E-state index contributed by atoms with van der Waals surface area (Å²) in [6.07, 6.45) is 20.1. The monoisotopic (exact) mass is 2190 g/mol. The molecule has 42 nitrogen and oxygen atoms in total. The third kappa shape index (κ3) is 44.7. The van der Waals surface area contributed by atoms with Gasteiger partial charge in [0.05, 0.1) is 57.5 Å². The van der Waals surface area contributed by atoms with Crippen molar-refractivity contribution in [2.24, 2.45) is 5.92 Å². The number of unbranched alkanes of at least 4 members (excludes halogenated alkanes) is 4. The van der Waals surface area contributed by atoms with Crippen LogP contribution in [0.4, 0.5) is 40.7 Å². The summed E-state index contributed by atoms with van der Waals surface area (Å²) in [5.74, 6) is 9.99. The first-order chi connectivity index (χ1) is 70.5. The van der Waals surface area contributed by atoms with Crippen LogP contribution in [0.15, 0.2) is 119 Å². The molecule has 0 unspecified atom stereocenters. The topological polar surface area (TPSA) is 431 Å². The molecule has 7 aromatic heterocycles. The van der Waals surface area contributed by atoms with Crippen LogP contribution in [-0.4, -0.2) is 305 Å². The molecule has 7 fully saturated rings. The maximum Gasteiger partial charge on any atom is 0.351 e. The van der Waals surface area contributed by atoms with Crippen molar-refractivity contribution in [3.63, 3.8) is 0 Å². The van der Waals surface area contributed by atoms with Crippen LogP contribution < -0.4 is 75.8 Å². The highest BCUT2D eigenvalue weighted by Crippen LogP contribution is 2.38. The number of thioether (sulfide) groups is 7. The Balaban J connectivity index is 0.000000209. The summed E-state index contributed by atoms with van der Waals surface area (Å²) < 4.78 is 91.0. The van der Waals surface area contributed by atoms with E-state index in [2.05, 4.69) is 105 Å². The SMILES string of the molecule is CC(C)COC[C@H]1O[C@@H](n2ccc(N(C)C)nc2=O)CS1.CCCCCOC[C@H]1O[C@@H](n2ccc(NC)nc2=O)CS1.CCCCOC[C@H]1O[C@@H](n2ccc(N(C)C)nc2=O)CS1.CCCCOC[C@H]1O[C@@H](n2ccc(NCC)nc2=O)CS1.CCCNc1ccn([C@H]2CS[C@@H](COCCC)O2)c(=O)n1.CCNc1ccn([C@H]2CS[C@@H](COC(C)(C)C)O2)c(=O)n1.CN(C)c1ccn([C@H]2CS[C@@H](COC(C)(C)C)O2)c(=O)n1. The lowest BCUT2D eigenvalue weighted by Gasteiger charge is -2.22. The highest BCUT2D eigenvalue weighted by Gasteiger charge is 2.36. The zero-order valence-electron chi connectivity index (χ0n) is 89.7. The van der Waals surface area contributed by atoms with Gasteiger partial charge in [-0.25, -0.2) is 33.6 Å².